The Morgan fingerprint density at radius 2 is 1.50 bits per heavy atom. The standard InChI is InChI=1S/C36H47NO6Si/c1-36(2,3)44(32-19-10-6-11-20-32,33-21-12-7-13-22-33)43-25-24-31(42-28-40-4)18-14-15-23-34(38)37-30(27-41-35(37)39)26-29-16-8-5-9-17-29/h5-13,16-17,19-22,30-31H,14-15,18,23-28H2,1-4H3/t30-,31-/m1/s1. The number of cyclic esters (lactones) is 1. The van der Waals surface area contributed by atoms with Gasteiger partial charge in [0.05, 0.1) is 12.1 Å². The Balaban J connectivity index is 1.35. The van der Waals surface area contributed by atoms with Crippen LogP contribution in [0.1, 0.15) is 58.4 Å². The average molecular weight is 618 g/mol. The van der Waals surface area contributed by atoms with Crippen LogP contribution in [0.5, 0.6) is 0 Å². The van der Waals surface area contributed by atoms with E-state index in [-0.39, 0.29) is 42.9 Å². The fourth-order valence-electron chi connectivity index (χ4n) is 6.15. The molecule has 1 heterocycles. The highest BCUT2D eigenvalue weighted by Crippen LogP contribution is 2.37. The number of nitrogens with zero attached hydrogens (tertiary/aromatic N) is 1. The molecule has 3 aromatic rings. The van der Waals surface area contributed by atoms with E-state index in [0.29, 0.717) is 25.9 Å². The Morgan fingerprint density at radius 3 is 2.07 bits per heavy atom. The lowest BCUT2D eigenvalue weighted by molar-refractivity contribution is -0.129. The first-order valence-electron chi connectivity index (χ1n) is 15.6. The number of rotatable bonds is 16. The summed E-state index contributed by atoms with van der Waals surface area (Å²) in [6.07, 6.45) is 3.17. The predicted octanol–water partition coefficient (Wildman–Crippen LogP) is 6.09. The Hall–Kier alpha value is -3.30. The largest absolute Gasteiger partial charge is 0.447 e. The zero-order chi connectivity index (χ0) is 31.4. The topological polar surface area (TPSA) is 74.3 Å². The summed E-state index contributed by atoms with van der Waals surface area (Å²) in [5.74, 6) is -0.183. The van der Waals surface area contributed by atoms with E-state index in [4.69, 9.17) is 18.6 Å². The van der Waals surface area contributed by atoms with Crippen LogP contribution in [0.4, 0.5) is 4.79 Å². The second kappa shape index (κ2) is 16.1. The first-order valence-corrected chi connectivity index (χ1v) is 17.6. The molecule has 0 radical (unpaired) electrons. The molecule has 1 saturated heterocycles. The summed E-state index contributed by atoms with van der Waals surface area (Å²) in [6.45, 7) is 7.80. The van der Waals surface area contributed by atoms with E-state index in [2.05, 4.69) is 69.3 Å². The van der Waals surface area contributed by atoms with Crippen LogP contribution < -0.4 is 10.4 Å². The van der Waals surface area contributed by atoms with Crippen molar-refractivity contribution in [1.29, 1.82) is 0 Å². The van der Waals surface area contributed by atoms with E-state index in [1.165, 1.54) is 15.3 Å². The summed E-state index contributed by atoms with van der Waals surface area (Å²) in [7, 11) is -1.02. The summed E-state index contributed by atoms with van der Waals surface area (Å²) < 4.78 is 23.6. The number of carbonyl (C=O) groups excluding carboxylic acids is 2. The minimum absolute atomic E-state index is 0.0779. The number of hydrogen-bond donors (Lipinski definition) is 0. The van der Waals surface area contributed by atoms with E-state index in [0.717, 1.165) is 18.4 Å². The van der Waals surface area contributed by atoms with Gasteiger partial charge in [0, 0.05) is 20.1 Å². The molecule has 8 heteroatoms. The van der Waals surface area contributed by atoms with Crippen molar-refractivity contribution in [2.45, 2.75) is 76.5 Å². The number of methoxy groups -OCH3 is 1. The van der Waals surface area contributed by atoms with Gasteiger partial charge in [-0.05, 0) is 46.7 Å². The number of imide groups is 1. The van der Waals surface area contributed by atoms with Crippen molar-refractivity contribution < 1.29 is 28.2 Å². The maximum absolute atomic E-state index is 13.1. The molecule has 236 valence electrons. The van der Waals surface area contributed by atoms with E-state index < -0.39 is 14.4 Å². The van der Waals surface area contributed by atoms with Gasteiger partial charge in [0.25, 0.3) is 8.32 Å². The number of ether oxygens (including phenoxy) is 3. The Labute approximate surface area is 263 Å². The Kier molecular flexibility index (Phi) is 12.3. The van der Waals surface area contributed by atoms with Crippen LogP contribution in [0, 0.1) is 0 Å². The summed E-state index contributed by atoms with van der Waals surface area (Å²) >= 11 is 0. The third kappa shape index (κ3) is 8.44. The van der Waals surface area contributed by atoms with Gasteiger partial charge in [-0.25, -0.2) is 9.69 Å². The van der Waals surface area contributed by atoms with Gasteiger partial charge in [-0.2, -0.15) is 0 Å². The lowest BCUT2D eigenvalue weighted by atomic mass is 10.0. The highest BCUT2D eigenvalue weighted by atomic mass is 28.4. The fourth-order valence-corrected chi connectivity index (χ4v) is 10.7. The third-order valence-electron chi connectivity index (χ3n) is 8.31. The number of carbonyl (C=O) groups is 2. The summed E-state index contributed by atoms with van der Waals surface area (Å²) in [5.41, 5.74) is 1.08. The molecule has 44 heavy (non-hydrogen) atoms. The molecule has 2 amide bonds. The van der Waals surface area contributed by atoms with Crippen molar-refractivity contribution in [2.24, 2.45) is 0 Å². The molecule has 0 spiro atoms. The minimum Gasteiger partial charge on any atom is -0.447 e. The van der Waals surface area contributed by atoms with E-state index in [1.807, 2.05) is 42.5 Å². The number of unbranched alkanes of at least 4 members (excludes halogenated alkanes) is 1. The van der Waals surface area contributed by atoms with Gasteiger partial charge in [-0.15, -0.1) is 0 Å². The Morgan fingerprint density at radius 1 is 0.909 bits per heavy atom. The first-order chi connectivity index (χ1) is 21.3. The molecule has 7 nitrogen and oxygen atoms in total. The van der Waals surface area contributed by atoms with E-state index in [1.54, 1.807) is 7.11 Å². The smallest absolute Gasteiger partial charge is 0.416 e. The molecule has 0 aromatic heterocycles. The minimum atomic E-state index is -2.64. The van der Waals surface area contributed by atoms with Gasteiger partial charge < -0.3 is 18.6 Å². The molecule has 3 aromatic carbocycles. The summed E-state index contributed by atoms with van der Waals surface area (Å²) in [5, 5.41) is 2.39. The second-order valence-corrected chi connectivity index (χ2v) is 16.7. The molecule has 1 fully saturated rings. The predicted molar refractivity (Wildman–Crippen MR) is 176 cm³/mol. The third-order valence-corrected chi connectivity index (χ3v) is 13.3. The number of hydrogen-bond acceptors (Lipinski definition) is 6. The van der Waals surface area contributed by atoms with Gasteiger partial charge in [-0.3, -0.25) is 4.79 Å². The lowest BCUT2D eigenvalue weighted by Crippen LogP contribution is -2.66. The highest BCUT2D eigenvalue weighted by Gasteiger charge is 2.50. The zero-order valence-corrected chi connectivity index (χ0v) is 27.6. The molecule has 0 saturated carbocycles. The second-order valence-electron chi connectivity index (χ2n) is 12.4. The molecule has 0 unspecified atom stereocenters. The van der Waals surface area contributed by atoms with Crippen LogP contribution in [-0.4, -0.2) is 64.5 Å². The van der Waals surface area contributed by atoms with Crippen LogP contribution in [0.25, 0.3) is 0 Å². The van der Waals surface area contributed by atoms with Gasteiger partial charge in [0.2, 0.25) is 5.91 Å². The van der Waals surface area contributed by atoms with Crippen LogP contribution in [-0.2, 0) is 29.9 Å². The van der Waals surface area contributed by atoms with Gasteiger partial charge in [0.15, 0.2) is 0 Å². The molecule has 1 aliphatic heterocycles. The maximum Gasteiger partial charge on any atom is 0.416 e. The van der Waals surface area contributed by atoms with Crippen molar-refractivity contribution in [3.05, 3.63) is 96.6 Å². The molecule has 0 aliphatic carbocycles. The molecule has 1 aliphatic rings. The summed E-state index contributed by atoms with van der Waals surface area (Å²) in [4.78, 5) is 26.8. The fraction of sp³-hybridized carbons (Fsp3) is 0.444. The Bertz CT molecular complexity index is 1260. The normalized spacial score (nSPS) is 16.1. The van der Waals surface area contributed by atoms with Crippen LogP contribution >= 0.6 is 0 Å². The van der Waals surface area contributed by atoms with Crippen LogP contribution in [0.15, 0.2) is 91.0 Å². The molecule has 2 atom stereocenters. The SMILES string of the molecule is COCO[C@H](CCCCC(=O)N1C(=O)OC[C@H]1Cc1ccccc1)CCO[Si](c1ccccc1)(c1ccccc1)C(C)(C)C. The zero-order valence-electron chi connectivity index (χ0n) is 26.6. The van der Waals surface area contributed by atoms with Crippen molar-refractivity contribution in [3.63, 3.8) is 0 Å². The van der Waals surface area contributed by atoms with Crippen LogP contribution in [0.3, 0.4) is 0 Å². The van der Waals surface area contributed by atoms with Crippen molar-refractivity contribution in [3.8, 4) is 0 Å². The monoisotopic (exact) mass is 617 g/mol. The molecule has 0 bridgehead atoms. The van der Waals surface area contributed by atoms with Gasteiger partial charge >= 0.3 is 6.09 Å². The van der Waals surface area contributed by atoms with E-state index >= 15 is 0 Å². The lowest BCUT2D eigenvalue weighted by Gasteiger charge is -2.43. The number of amides is 2. The van der Waals surface area contributed by atoms with Crippen LogP contribution in [0.2, 0.25) is 5.04 Å². The molecular weight excluding hydrogens is 570 g/mol. The van der Waals surface area contributed by atoms with Crippen molar-refractivity contribution in [1.82, 2.24) is 4.90 Å². The number of benzene rings is 3. The highest BCUT2D eigenvalue weighted by molar-refractivity contribution is 6.99. The first kappa shape index (κ1) is 33.6. The van der Waals surface area contributed by atoms with Crippen molar-refractivity contribution in [2.75, 3.05) is 27.1 Å². The average Bonchev–Trinajstić information content (AvgIpc) is 3.39. The quantitative estimate of drug-likeness (QED) is 0.110. The van der Waals surface area contributed by atoms with Gasteiger partial charge in [-0.1, -0.05) is 118 Å². The van der Waals surface area contributed by atoms with Gasteiger partial charge in [0.1, 0.15) is 13.4 Å². The molecular formula is C36H47NO6Si. The van der Waals surface area contributed by atoms with E-state index in [9.17, 15) is 9.59 Å². The maximum atomic E-state index is 13.1. The molecule has 4 rings (SSSR count). The molecule has 0 N–H and O–H groups in total. The summed E-state index contributed by atoms with van der Waals surface area (Å²) in [6, 6.07) is 30.8. The van der Waals surface area contributed by atoms with Crippen molar-refractivity contribution >= 4 is 30.7 Å².